The van der Waals surface area contributed by atoms with Gasteiger partial charge in [-0.2, -0.15) is 0 Å². The number of carboxylic acid groups (broad SMARTS) is 1. The van der Waals surface area contributed by atoms with Crippen LogP contribution in [0.2, 0.25) is 0 Å². The standard InChI is InChI=1S/C13H15BrO4/c14-10-5-6-11-13(18-8-2-7-17-11)9(10)3-1-4-12(15)16/h5-6H,1-4,7-8H2,(H,15,16). The molecule has 2 rings (SSSR count). The van der Waals surface area contributed by atoms with Crippen LogP contribution in [0.15, 0.2) is 16.6 Å². The molecule has 0 saturated heterocycles. The van der Waals surface area contributed by atoms with Crippen LogP contribution < -0.4 is 9.47 Å². The molecule has 0 saturated carbocycles. The molecule has 0 aliphatic carbocycles. The minimum atomic E-state index is -0.773. The SMILES string of the molecule is O=C(O)CCCc1c(Br)ccc2c1OCCCO2. The van der Waals surface area contributed by atoms with Crippen molar-refractivity contribution in [2.75, 3.05) is 13.2 Å². The Bertz CT molecular complexity index is 445. The average molecular weight is 315 g/mol. The van der Waals surface area contributed by atoms with Gasteiger partial charge in [0.05, 0.1) is 13.2 Å². The van der Waals surface area contributed by atoms with Crippen LogP contribution >= 0.6 is 15.9 Å². The predicted octanol–water partition coefficient (Wildman–Crippen LogP) is 3.02. The number of hydrogen-bond donors (Lipinski definition) is 1. The molecule has 0 fully saturated rings. The van der Waals surface area contributed by atoms with Gasteiger partial charge in [-0.1, -0.05) is 15.9 Å². The third-order valence-electron chi connectivity index (χ3n) is 2.78. The maximum atomic E-state index is 10.6. The molecule has 5 heteroatoms. The first-order valence-corrected chi connectivity index (χ1v) is 6.76. The van der Waals surface area contributed by atoms with Crippen LogP contribution in [0.25, 0.3) is 0 Å². The van der Waals surface area contributed by atoms with E-state index in [1.807, 2.05) is 12.1 Å². The van der Waals surface area contributed by atoms with Crippen molar-refractivity contribution in [2.45, 2.75) is 25.7 Å². The first-order chi connectivity index (χ1) is 8.68. The summed E-state index contributed by atoms with van der Waals surface area (Å²) in [5.74, 6) is 0.735. The van der Waals surface area contributed by atoms with Crippen molar-refractivity contribution in [3.8, 4) is 11.5 Å². The van der Waals surface area contributed by atoms with Gasteiger partial charge in [0.2, 0.25) is 0 Å². The van der Waals surface area contributed by atoms with Gasteiger partial charge in [0.1, 0.15) is 0 Å². The van der Waals surface area contributed by atoms with Crippen molar-refractivity contribution in [3.63, 3.8) is 0 Å². The van der Waals surface area contributed by atoms with Crippen LogP contribution in [0.3, 0.4) is 0 Å². The van der Waals surface area contributed by atoms with Crippen molar-refractivity contribution in [1.82, 2.24) is 0 Å². The van der Waals surface area contributed by atoms with Crippen molar-refractivity contribution in [3.05, 3.63) is 22.2 Å². The lowest BCUT2D eigenvalue weighted by molar-refractivity contribution is -0.137. The molecule has 0 aromatic heterocycles. The van der Waals surface area contributed by atoms with E-state index in [1.54, 1.807) is 0 Å². The zero-order chi connectivity index (χ0) is 13.0. The molecular formula is C13H15BrO4. The molecule has 98 valence electrons. The first kappa shape index (κ1) is 13.2. The number of rotatable bonds is 4. The molecule has 0 bridgehead atoms. The molecule has 0 atom stereocenters. The van der Waals surface area contributed by atoms with Crippen LogP contribution in [-0.4, -0.2) is 24.3 Å². The highest BCUT2D eigenvalue weighted by Gasteiger charge is 2.17. The normalized spacial score (nSPS) is 14.1. The Balaban J connectivity index is 2.19. The minimum absolute atomic E-state index is 0.164. The van der Waals surface area contributed by atoms with Gasteiger partial charge < -0.3 is 14.6 Å². The topological polar surface area (TPSA) is 55.8 Å². The van der Waals surface area contributed by atoms with Gasteiger partial charge in [-0.3, -0.25) is 4.79 Å². The van der Waals surface area contributed by atoms with E-state index in [9.17, 15) is 4.79 Å². The number of carboxylic acids is 1. The summed E-state index contributed by atoms with van der Waals surface area (Å²) in [7, 11) is 0. The van der Waals surface area contributed by atoms with Crippen LogP contribution in [0.4, 0.5) is 0 Å². The molecule has 0 spiro atoms. The third kappa shape index (κ3) is 3.16. The Morgan fingerprint density at radius 2 is 2.11 bits per heavy atom. The Labute approximate surface area is 114 Å². The van der Waals surface area contributed by atoms with E-state index in [4.69, 9.17) is 14.6 Å². The van der Waals surface area contributed by atoms with E-state index in [1.165, 1.54) is 0 Å². The zero-order valence-corrected chi connectivity index (χ0v) is 11.5. The fourth-order valence-corrected chi connectivity index (χ4v) is 2.43. The lowest BCUT2D eigenvalue weighted by atomic mass is 10.1. The second kappa shape index (κ2) is 6.09. The fraction of sp³-hybridized carbons (Fsp3) is 0.462. The van der Waals surface area contributed by atoms with E-state index < -0.39 is 5.97 Å². The highest BCUT2D eigenvalue weighted by molar-refractivity contribution is 9.10. The summed E-state index contributed by atoms with van der Waals surface area (Å²) in [6, 6.07) is 3.80. The maximum Gasteiger partial charge on any atom is 0.303 e. The number of halogens is 1. The number of carbonyl (C=O) groups is 1. The second-order valence-corrected chi connectivity index (χ2v) is 5.01. The summed E-state index contributed by atoms with van der Waals surface area (Å²) in [6.07, 6.45) is 2.28. The number of hydrogen-bond acceptors (Lipinski definition) is 3. The quantitative estimate of drug-likeness (QED) is 0.928. The Morgan fingerprint density at radius 1 is 1.33 bits per heavy atom. The van der Waals surface area contributed by atoms with E-state index in [0.717, 1.165) is 28.0 Å². The molecule has 4 nitrogen and oxygen atoms in total. The van der Waals surface area contributed by atoms with E-state index in [2.05, 4.69) is 15.9 Å². The molecule has 0 amide bonds. The molecule has 1 heterocycles. The molecule has 0 radical (unpaired) electrons. The molecule has 1 N–H and O–H groups in total. The van der Waals surface area contributed by atoms with Crippen molar-refractivity contribution in [1.29, 1.82) is 0 Å². The van der Waals surface area contributed by atoms with Gasteiger partial charge in [0.15, 0.2) is 11.5 Å². The second-order valence-electron chi connectivity index (χ2n) is 4.15. The number of ether oxygens (including phenoxy) is 2. The molecule has 1 aromatic carbocycles. The van der Waals surface area contributed by atoms with Gasteiger partial charge >= 0.3 is 5.97 Å². The minimum Gasteiger partial charge on any atom is -0.490 e. The molecule has 1 aliphatic heterocycles. The van der Waals surface area contributed by atoms with Crippen LogP contribution in [0.5, 0.6) is 11.5 Å². The number of aliphatic carboxylic acids is 1. The fourth-order valence-electron chi connectivity index (χ4n) is 1.92. The van der Waals surface area contributed by atoms with Crippen LogP contribution in [0.1, 0.15) is 24.8 Å². The predicted molar refractivity (Wildman–Crippen MR) is 70.3 cm³/mol. The van der Waals surface area contributed by atoms with Crippen molar-refractivity contribution < 1.29 is 19.4 Å². The molecule has 18 heavy (non-hydrogen) atoms. The number of benzene rings is 1. The first-order valence-electron chi connectivity index (χ1n) is 5.97. The summed E-state index contributed by atoms with van der Waals surface area (Å²) in [4.78, 5) is 10.6. The van der Waals surface area contributed by atoms with Gasteiger partial charge in [0.25, 0.3) is 0 Å². The van der Waals surface area contributed by atoms with Gasteiger partial charge in [-0.15, -0.1) is 0 Å². The van der Waals surface area contributed by atoms with E-state index >= 15 is 0 Å². The summed E-state index contributed by atoms with van der Waals surface area (Å²) in [6.45, 7) is 1.29. The largest absolute Gasteiger partial charge is 0.490 e. The summed E-state index contributed by atoms with van der Waals surface area (Å²) in [5, 5.41) is 8.68. The monoisotopic (exact) mass is 314 g/mol. The zero-order valence-electron chi connectivity index (χ0n) is 9.95. The Hall–Kier alpha value is -1.23. The lowest BCUT2D eigenvalue weighted by Gasteiger charge is -2.14. The van der Waals surface area contributed by atoms with Crippen LogP contribution in [-0.2, 0) is 11.2 Å². The summed E-state index contributed by atoms with van der Waals surface area (Å²) < 4.78 is 12.3. The van der Waals surface area contributed by atoms with Gasteiger partial charge in [-0.05, 0) is 25.0 Å². The number of fused-ring (bicyclic) bond motifs is 1. The van der Waals surface area contributed by atoms with E-state index in [0.29, 0.717) is 26.1 Å². The van der Waals surface area contributed by atoms with Crippen molar-refractivity contribution >= 4 is 21.9 Å². The highest BCUT2D eigenvalue weighted by atomic mass is 79.9. The van der Waals surface area contributed by atoms with Crippen LogP contribution in [0, 0.1) is 0 Å². The molecule has 0 unspecified atom stereocenters. The smallest absolute Gasteiger partial charge is 0.303 e. The summed E-state index contributed by atoms with van der Waals surface area (Å²) >= 11 is 3.49. The van der Waals surface area contributed by atoms with Gasteiger partial charge in [-0.25, -0.2) is 0 Å². The Morgan fingerprint density at radius 3 is 2.89 bits per heavy atom. The highest BCUT2D eigenvalue weighted by Crippen LogP contribution is 2.38. The van der Waals surface area contributed by atoms with E-state index in [-0.39, 0.29) is 6.42 Å². The molecule has 1 aromatic rings. The Kier molecular flexibility index (Phi) is 4.47. The summed E-state index contributed by atoms with van der Waals surface area (Å²) in [5.41, 5.74) is 0.996. The van der Waals surface area contributed by atoms with Crippen molar-refractivity contribution in [2.24, 2.45) is 0 Å². The van der Waals surface area contributed by atoms with Gasteiger partial charge in [0, 0.05) is 22.9 Å². The average Bonchev–Trinajstić information content (AvgIpc) is 2.57. The third-order valence-corrected chi connectivity index (χ3v) is 3.52. The lowest BCUT2D eigenvalue weighted by Crippen LogP contribution is -2.01. The molecule has 1 aliphatic rings. The molecular weight excluding hydrogens is 300 g/mol. The maximum absolute atomic E-state index is 10.6.